The Bertz CT molecular complexity index is 737. The predicted octanol–water partition coefficient (Wildman–Crippen LogP) is 3.22. The van der Waals surface area contributed by atoms with Crippen molar-refractivity contribution in [1.82, 2.24) is 15.6 Å². The van der Waals surface area contributed by atoms with Crippen LogP contribution in [0.1, 0.15) is 18.1 Å². The van der Waals surface area contributed by atoms with Crippen LogP contribution < -0.4 is 16.0 Å². The van der Waals surface area contributed by atoms with E-state index in [0.29, 0.717) is 17.7 Å². The molecule has 140 valence electrons. The van der Waals surface area contributed by atoms with Gasteiger partial charge in [0.1, 0.15) is 5.15 Å². The molecule has 0 fully saturated rings. The molecule has 0 saturated carbocycles. The molecule has 0 aliphatic rings. The van der Waals surface area contributed by atoms with Crippen LogP contribution in [0, 0.1) is 0 Å². The number of carbonyl (C=O) groups is 1. The molecule has 8 heteroatoms. The van der Waals surface area contributed by atoms with Gasteiger partial charge < -0.3 is 16.0 Å². The summed E-state index contributed by atoms with van der Waals surface area (Å²) >= 11 is 5.78. The van der Waals surface area contributed by atoms with E-state index in [2.05, 4.69) is 25.9 Å². The Kier molecular flexibility index (Phi) is 9.97. The van der Waals surface area contributed by atoms with Gasteiger partial charge in [-0.25, -0.2) is 4.98 Å². The van der Waals surface area contributed by atoms with E-state index in [9.17, 15) is 4.79 Å². The van der Waals surface area contributed by atoms with Crippen LogP contribution >= 0.6 is 35.6 Å². The molecule has 1 aromatic carbocycles. The summed E-state index contributed by atoms with van der Waals surface area (Å²) in [7, 11) is 1.73. The van der Waals surface area contributed by atoms with Gasteiger partial charge in [-0.2, -0.15) is 0 Å². The maximum absolute atomic E-state index is 11.1. The van der Waals surface area contributed by atoms with Gasteiger partial charge in [-0.05, 0) is 35.7 Å². The number of pyridine rings is 1. The number of hydrogen-bond donors (Lipinski definition) is 3. The minimum atomic E-state index is -0.0840. The lowest BCUT2D eigenvalue weighted by Crippen LogP contribution is -2.37. The number of nitrogens with zero attached hydrogens (tertiary/aromatic N) is 2. The van der Waals surface area contributed by atoms with Crippen molar-refractivity contribution in [3.05, 3.63) is 58.9 Å². The van der Waals surface area contributed by atoms with Crippen LogP contribution in [0.25, 0.3) is 0 Å². The highest BCUT2D eigenvalue weighted by Gasteiger charge is 2.01. The fourth-order valence-corrected chi connectivity index (χ4v) is 2.36. The van der Waals surface area contributed by atoms with E-state index in [4.69, 9.17) is 11.6 Å². The van der Waals surface area contributed by atoms with Crippen LogP contribution in [0.4, 0.5) is 5.69 Å². The minimum Gasteiger partial charge on any atom is -0.356 e. The van der Waals surface area contributed by atoms with E-state index in [1.54, 1.807) is 19.3 Å². The number of halogens is 2. The van der Waals surface area contributed by atoms with Gasteiger partial charge in [0, 0.05) is 38.9 Å². The van der Waals surface area contributed by atoms with E-state index in [0.717, 1.165) is 29.8 Å². The monoisotopic (exact) mass is 487 g/mol. The number of anilines is 1. The summed E-state index contributed by atoms with van der Waals surface area (Å²) in [5.74, 6) is 0.631. The molecule has 1 amide bonds. The molecule has 0 aliphatic carbocycles. The Hall–Kier alpha value is -1.87. The smallest absolute Gasteiger partial charge is 0.221 e. The zero-order valence-corrected chi connectivity index (χ0v) is 17.8. The van der Waals surface area contributed by atoms with Crippen molar-refractivity contribution in [2.45, 2.75) is 19.9 Å². The SMILES string of the molecule is CN=C(NCCc1ccc(Cl)nc1)NCc1cccc(NC(C)=O)c1.I. The minimum absolute atomic E-state index is 0. The molecule has 6 nitrogen and oxygen atoms in total. The number of guanidine groups is 1. The van der Waals surface area contributed by atoms with Crippen molar-refractivity contribution in [2.24, 2.45) is 4.99 Å². The third kappa shape index (κ3) is 8.01. The number of benzene rings is 1. The molecule has 0 aliphatic heterocycles. The molecule has 0 atom stereocenters. The third-order valence-electron chi connectivity index (χ3n) is 3.43. The van der Waals surface area contributed by atoms with Crippen LogP contribution in [0.15, 0.2) is 47.6 Å². The largest absolute Gasteiger partial charge is 0.356 e. The molecule has 2 aromatic rings. The second-order valence-corrected chi connectivity index (χ2v) is 5.86. The summed E-state index contributed by atoms with van der Waals surface area (Å²) in [4.78, 5) is 19.4. The van der Waals surface area contributed by atoms with Crippen molar-refractivity contribution in [2.75, 3.05) is 18.9 Å². The van der Waals surface area contributed by atoms with E-state index < -0.39 is 0 Å². The van der Waals surface area contributed by atoms with Crippen molar-refractivity contribution < 1.29 is 4.79 Å². The molecular formula is C18H23ClIN5O. The Morgan fingerprint density at radius 2 is 2.00 bits per heavy atom. The van der Waals surface area contributed by atoms with Gasteiger partial charge in [-0.3, -0.25) is 9.79 Å². The van der Waals surface area contributed by atoms with E-state index in [-0.39, 0.29) is 29.9 Å². The molecule has 0 saturated heterocycles. The Labute approximate surface area is 175 Å². The fourth-order valence-electron chi connectivity index (χ4n) is 2.25. The van der Waals surface area contributed by atoms with Crippen molar-refractivity contribution in [3.63, 3.8) is 0 Å². The summed E-state index contributed by atoms with van der Waals surface area (Å²) in [6.07, 6.45) is 2.59. The van der Waals surface area contributed by atoms with Crippen molar-refractivity contribution >= 4 is 53.1 Å². The van der Waals surface area contributed by atoms with Crippen LogP contribution in [0.3, 0.4) is 0 Å². The van der Waals surface area contributed by atoms with Crippen molar-refractivity contribution in [3.8, 4) is 0 Å². The molecule has 0 spiro atoms. The summed E-state index contributed by atoms with van der Waals surface area (Å²) in [5.41, 5.74) is 2.94. The standard InChI is InChI=1S/C18H22ClN5O.HI/c1-13(25)24-16-5-3-4-15(10-16)12-23-18(20-2)21-9-8-14-6-7-17(19)22-11-14;/h3-7,10-11H,8-9,12H2,1-2H3,(H,24,25)(H2,20,21,23);1H. The normalized spacial score (nSPS) is 10.7. The second kappa shape index (κ2) is 11.7. The van der Waals surface area contributed by atoms with Gasteiger partial charge >= 0.3 is 0 Å². The number of carbonyl (C=O) groups excluding carboxylic acids is 1. The van der Waals surface area contributed by atoms with Gasteiger partial charge in [0.05, 0.1) is 0 Å². The number of amides is 1. The van der Waals surface area contributed by atoms with Crippen LogP contribution in [-0.2, 0) is 17.8 Å². The molecule has 0 unspecified atom stereocenters. The zero-order valence-electron chi connectivity index (χ0n) is 14.8. The van der Waals surface area contributed by atoms with Gasteiger partial charge in [-0.15, -0.1) is 24.0 Å². The zero-order chi connectivity index (χ0) is 18.1. The quantitative estimate of drug-likeness (QED) is 0.253. The summed E-state index contributed by atoms with van der Waals surface area (Å²) in [6.45, 7) is 2.83. The molecule has 0 bridgehead atoms. The number of aromatic nitrogens is 1. The Morgan fingerprint density at radius 3 is 2.65 bits per heavy atom. The Balaban J connectivity index is 0.00000338. The molecular weight excluding hydrogens is 465 g/mol. The molecule has 1 heterocycles. The predicted molar refractivity (Wildman–Crippen MR) is 117 cm³/mol. The molecule has 1 aromatic heterocycles. The first-order chi connectivity index (χ1) is 12.1. The van der Waals surface area contributed by atoms with Gasteiger partial charge in [0.2, 0.25) is 5.91 Å². The number of aliphatic imine (C=N–C) groups is 1. The van der Waals surface area contributed by atoms with Crippen LogP contribution in [0.5, 0.6) is 0 Å². The van der Waals surface area contributed by atoms with Crippen LogP contribution in [0.2, 0.25) is 5.15 Å². The maximum atomic E-state index is 11.1. The lowest BCUT2D eigenvalue weighted by Gasteiger charge is -2.12. The number of nitrogens with one attached hydrogen (secondary N) is 3. The molecule has 0 radical (unpaired) electrons. The molecule has 3 N–H and O–H groups in total. The van der Waals surface area contributed by atoms with E-state index in [1.807, 2.05) is 30.3 Å². The average molecular weight is 488 g/mol. The first-order valence-corrected chi connectivity index (χ1v) is 8.36. The highest BCUT2D eigenvalue weighted by Crippen LogP contribution is 2.10. The van der Waals surface area contributed by atoms with Crippen LogP contribution in [-0.4, -0.2) is 30.4 Å². The van der Waals surface area contributed by atoms with E-state index >= 15 is 0 Å². The molecule has 2 rings (SSSR count). The van der Waals surface area contributed by atoms with Crippen molar-refractivity contribution in [1.29, 1.82) is 0 Å². The first kappa shape index (κ1) is 22.2. The summed E-state index contributed by atoms with van der Waals surface area (Å²) in [5, 5.41) is 9.78. The second-order valence-electron chi connectivity index (χ2n) is 5.47. The third-order valence-corrected chi connectivity index (χ3v) is 3.65. The first-order valence-electron chi connectivity index (χ1n) is 7.98. The topological polar surface area (TPSA) is 78.4 Å². The fraction of sp³-hybridized carbons (Fsp3) is 0.278. The summed E-state index contributed by atoms with van der Waals surface area (Å²) < 4.78 is 0. The highest BCUT2D eigenvalue weighted by molar-refractivity contribution is 14.0. The number of rotatable bonds is 6. The average Bonchev–Trinajstić information content (AvgIpc) is 2.59. The Morgan fingerprint density at radius 1 is 1.19 bits per heavy atom. The number of hydrogen-bond acceptors (Lipinski definition) is 3. The molecule has 26 heavy (non-hydrogen) atoms. The van der Waals surface area contributed by atoms with Gasteiger partial charge in [0.15, 0.2) is 5.96 Å². The van der Waals surface area contributed by atoms with Gasteiger partial charge in [0.25, 0.3) is 0 Å². The highest BCUT2D eigenvalue weighted by atomic mass is 127. The maximum Gasteiger partial charge on any atom is 0.221 e. The lowest BCUT2D eigenvalue weighted by atomic mass is 10.2. The van der Waals surface area contributed by atoms with E-state index in [1.165, 1.54) is 6.92 Å². The van der Waals surface area contributed by atoms with Gasteiger partial charge in [-0.1, -0.05) is 29.8 Å². The summed E-state index contributed by atoms with van der Waals surface area (Å²) in [6, 6.07) is 11.4. The lowest BCUT2D eigenvalue weighted by molar-refractivity contribution is -0.114.